The number of hydrogen-bond acceptors (Lipinski definition) is 6. The van der Waals surface area contributed by atoms with Crippen molar-refractivity contribution in [2.45, 2.75) is 11.4 Å². The minimum atomic E-state index is -3.84. The summed E-state index contributed by atoms with van der Waals surface area (Å²) in [6.07, 6.45) is 0. The van der Waals surface area contributed by atoms with Gasteiger partial charge in [-0.2, -0.15) is 5.10 Å². The predicted molar refractivity (Wildman–Crippen MR) is 98.6 cm³/mol. The lowest BCUT2D eigenvalue weighted by atomic mass is 10.0. The summed E-state index contributed by atoms with van der Waals surface area (Å²) in [5.74, 6) is -0.255. The number of primary amides is 1. The second kappa shape index (κ2) is 6.82. The molecule has 0 aliphatic carbocycles. The monoisotopic (exact) mass is 388 g/mol. The van der Waals surface area contributed by atoms with Crippen LogP contribution in [0.3, 0.4) is 0 Å². The number of primary sulfonamides is 1. The number of aromatic nitrogens is 2. The molecular formula is C17H16N4O5S. The molecule has 0 spiro atoms. The van der Waals surface area contributed by atoms with E-state index in [1.807, 2.05) is 0 Å². The normalized spacial score (nSPS) is 11.5. The van der Waals surface area contributed by atoms with Crippen molar-refractivity contribution >= 4 is 26.7 Å². The van der Waals surface area contributed by atoms with Gasteiger partial charge < -0.3 is 10.5 Å². The standard InChI is InChI=1S/C17H16N4O5S/c1-26-11-4-7-13-14(8-11)17(23)21(9-15(18)22)20-16(13)10-2-5-12(6-3-10)27(19,24)25/h2-8H,9H2,1H3,(H2,18,22)(H2,19,24,25). The fourth-order valence-electron chi connectivity index (χ4n) is 2.66. The molecular weight excluding hydrogens is 372 g/mol. The lowest BCUT2D eigenvalue weighted by Gasteiger charge is -2.11. The fraction of sp³-hybridized carbons (Fsp3) is 0.118. The molecule has 27 heavy (non-hydrogen) atoms. The molecule has 0 fully saturated rings. The number of methoxy groups -OCH3 is 1. The first kappa shape index (κ1) is 18.5. The van der Waals surface area contributed by atoms with E-state index in [0.29, 0.717) is 22.4 Å². The molecule has 1 amide bonds. The van der Waals surface area contributed by atoms with Gasteiger partial charge in [-0.1, -0.05) is 12.1 Å². The molecule has 0 aliphatic rings. The van der Waals surface area contributed by atoms with Gasteiger partial charge in [0.1, 0.15) is 12.3 Å². The minimum Gasteiger partial charge on any atom is -0.497 e. The van der Waals surface area contributed by atoms with E-state index >= 15 is 0 Å². The van der Waals surface area contributed by atoms with Crippen molar-refractivity contribution in [1.82, 2.24) is 9.78 Å². The molecule has 0 saturated heterocycles. The van der Waals surface area contributed by atoms with E-state index in [2.05, 4.69) is 5.10 Å². The van der Waals surface area contributed by atoms with E-state index in [-0.39, 0.29) is 10.3 Å². The molecule has 10 heteroatoms. The molecule has 0 aliphatic heterocycles. The van der Waals surface area contributed by atoms with Crippen LogP contribution in [0, 0.1) is 0 Å². The Morgan fingerprint density at radius 1 is 1.15 bits per heavy atom. The highest BCUT2D eigenvalue weighted by atomic mass is 32.2. The Bertz CT molecular complexity index is 1200. The second-order valence-electron chi connectivity index (χ2n) is 5.76. The van der Waals surface area contributed by atoms with Crippen LogP contribution in [-0.2, 0) is 21.4 Å². The lowest BCUT2D eigenvalue weighted by Crippen LogP contribution is -2.30. The van der Waals surface area contributed by atoms with Gasteiger partial charge >= 0.3 is 0 Å². The van der Waals surface area contributed by atoms with Crippen LogP contribution in [0.2, 0.25) is 0 Å². The smallest absolute Gasteiger partial charge is 0.275 e. The Hall–Kier alpha value is -3.24. The third kappa shape index (κ3) is 3.66. The van der Waals surface area contributed by atoms with Crippen molar-refractivity contribution < 1.29 is 17.9 Å². The summed E-state index contributed by atoms with van der Waals surface area (Å²) in [5, 5.41) is 10.2. The van der Waals surface area contributed by atoms with Gasteiger partial charge in [0, 0.05) is 10.9 Å². The van der Waals surface area contributed by atoms with Gasteiger partial charge in [0.2, 0.25) is 15.9 Å². The number of benzene rings is 2. The number of carbonyl (C=O) groups excluding carboxylic acids is 1. The highest BCUT2D eigenvalue weighted by Gasteiger charge is 2.15. The molecule has 0 bridgehead atoms. The quantitative estimate of drug-likeness (QED) is 0.638. The van der Waals surface area contributed by atoms with Gasteiger partial charge in [-0.3, -0.25) is 9.59 Å². The maximum atomic E-state index is 12.6. The predicted octanol–water partition coefficient (Wildman–Crippen LogP) is 0.205. The van der Waals surface area contributed by atoms with Gasteiger partial charge in [0.15, 0.2) is 0 Å². The van der Waals surface area contributed by atoms with Crippen molar-refractivity contribution in [3.05, 3.63) is 52.8 Å². The molecule has 2 aromatic carbocycles. The van der Waals surface area contributed by atoms with Crippen molar-refractivity contribution in [3.63, 3.8) is 0 Å². The Kier molecular flexibility index (Phi) is 4.68. The maximum Gasteiger partial charge on any atom is 0.275 e. The van der Waals surface area contributed by atoms with E-state index in [4.69, 9.17) is 15.6 Å². The first-order valence-corrected chi connectivity index (χ1v) is 9.26. The van der Waals surface area contributed by atoms with E-state index in [9.17, 15) is 18.0 Å². The Morgan fingerprint density at radius 2 is 1.81 bits per heavy atom. The van der Waals surface area contributed by atoms with Crippen LogP contribution >= 0.6 is 0 Å². The van der Waals surface area contributed by atoms with Gasteiger partial charge in [-0.25, -0.2) is 18.2 Å². The van der Waals surface area contributed by atoms with Crippen LogP contribution in [0.4, 0.5) is 0 Å². The highest BCUT2D eigenvalue weighted by molar-refractivity contribution is 7.89. The van der Waals surface area contributed by atoms with Crippen molar-refractivity contribution in [2.24, 2.45) is 10.9 Å². The number of fused-ring (bicyclic) bond motifs is 1. The zero-order valence-electron chi connectivity index (χ0n) is 14.2. The zero-order valence-corrected chi connectivity index (χ0v) is 15.1. The number of rotatable bonds is 5. The first-order chi connectivity index (χ1) is 12.7. The largest absolute Gasteiger partial charge is 0.497 e. The molecule has 0 radical (unpaired) electrons. The van der Waals surface area contributed by atoms with Gasteiger partial charge in [0.25, 0.3) is 5.56 Å². The Morgan fingerprint density at radius 3 is 2.37 bits per heavy atom. The number of ether oxygens (including phenoxy) is 1. The summed E-state index contributed by atoms with van der Waals surface area (Å²) in [6.45, 7) is -0.395. The summed E-state index contributed by atoms with van der Waals surface area (Å²) in [7, 11) is -2.37. The summed E-state index contributed by atoms with van der Waals surface area (Å²) in [5.41, 5.74) is 5.63. The molecule has 4 N–H and O–H groups in total. The van der Waals surface area contributed by atoms with E-state index < -0.39 is 28.0 Å². The molecule has 3 rings (SSSR count). The average molecular weight is 388 g/mol. The summed E-state index contributed by atoms with van der Waals surface area (Å²) < 4.78 is 29.0. The fourth-order valence-corrected chi connectivity index (χ4v) is 3.18. The van der Waals surface area contributed by atoms with E-state index in [1.54, 1.807) is 18.2 Å². The first-order valence-electron chi connectivity index (χ1n) is 7.71. The van der Waals surface area contributed by atoms with Gasteiger partial charge in [0.05, 0.1) is 23.1 Å². The van der Waals surface area contributed by atoms with Crippen molar-refractivity contribution in [3.8, 4) is 17.0 Å². The Balaban J connectivity index is 2.29. The molecule has 1 aromatic heterocycles. The van der Waals surface area contributed by atoms with E-state index in [0.717, 1.165) is 4.68 Å². The molecule has 0 saturated carbocycles. The molecule has 0 atom stereocenters. The zero-order chi connectivity index (χ0) is 19.8. The Labute approximate surface area is 154 Å². The number of nitrogens with two attached hydrogens (primary N) is 2. The lowest BCUT2D eigenvalue weighted by molar-refractivity contribution is -0.118. The number of amides is 1. The van der Waals surface area contributed by atoms with E-state index in [1.165, 1.54) is 31.4 Å². The third-order valence-electron chi connectivity index (χ3n) is 3.93. The molecule has 140 valence electrons. The average Bonchev–Trinajstić information content (AvgIpc) is 2.62. The number of carbonyl (C=O) groups is 1. The maximum absolute atomic E-state index is 12.6. The van der Waals surface area contributed by atoms with Crippen LogP contribution in [0.25, 0.3) is 22.0 Å². The highest BCUT2D eigenvalue weighted by Crippen LogP contribution is 2.28. The summed E-state index contributed by atoms with van der Waals surface area (Å²) in [6, 6.07) is 10.6. The molecule has 9 nitrogen and oxygen atoms in total. The van der Waals surface area contributed by atoms with Crippen molar-refractivity contribution in [2.75, 3.05) is 7.11 Å². The minimum absolute atomic E-state index is 0.0531. The molecule has 1 heterocycles. The number of nitrogens with zero attached hydrogens (tertiary/aromatic N) is 2. The molecule has 0 unspecified atom stereocenters. The van der Waals surface area contributed by atoms with Crippen LogP contribution < -0.4 is 21.2 Å². The second-order valence-corrected chi connectivity index (χ2v) is 7.32. The van der Waals surface area contributed by atoms with Crippen LogP contribution in [0.1, 0.15) is 0 Å². The SMILES string of the molecule is COc1ccc2c(-c3ccc(S(N)(=O)=O)cc3)nn(CC(N)=O)c(=O)c2c1. The third-order valence-corrected chi connectivity index (χ3v) is 4.86. The summed E-state index contributed by atoms with van der Waals surface area (Å²) >= 11 is 0. The van der Waals surface area contributed by atoms with Crippen molar-refractivity contribution in [1.29, 1.82) is 0 Å². The van der Waals surface area contributed by atoms with Crippen LogP contribution in [0.5, 0.6) is 5.75 Å². The number of hydrogen-bond donors (Lipinski definition) is 2. The van der Waals surface area contributed by atoms with Crippen LogP contribution in [0.15, 0.2) is 52.2 Å². The topological polar surface area (TPSA) is 147 Å². The number of sulfonamides is 1. The van der Waals surface area contributed by atoms with Crippen LogP contribution in [-0.4, -0.2) is 31.2 Å². The van der Waals surface area contributed by atoms with Gasteiger partial charge in [-0.15, -0.1) is 0 Å². The summed E-state index contributed by atoms with van der Waals surface area (Å²) in [4.78, 5) is 23.9. The van der Waals surface area contributed by atoms with Gasteiger partial charge in [-0.05, 0) is 30.3 Å². The molecule has 3 aromatic rings.